The highest BCUT2D eigenvalue weighted by Gasteiger charge is 2.51. The molecule has 10 heteroatoms. The Labute approximate surface area is 321 Å². The number of aromatic nitrogens is 4. The fourth-order valence-electron chi connectivity index (χ4n) is 10.7. The van der Waals surface area contributed by atoms with Crippen molar-refractivity contribution in [3.63, 3.8) is 0 Å². The molecule has 1 N–H and O–H groups in total. The van der Waals surface area contributed by atoms with E-state index in [4.69, 9.17) is 14.8 Å². The van der Waals surface area contributed by atoms with Gasteiger partial charge in [0.05, 0.1) is 16.4 Å². The van der Waals surface area contributed by atoms with Crippen molar-refractivity contribution >= 4 is 44.4 Å². The molecule has 0 unspecified atom stereocenters. The van der Waals surface area contributed by atoms with Crippen molar-refractivity contribution in [2.75, 3.05) is 16.8 Å². The summed E-state index contributed by atoms with van der Waals surface area (Å²) < 4.78 is 9.21. The molecule has 10 rings (SSSR count). The fourth-order valence-corrected chi connectivity index (χ4v) is 11.5. The van der Waals surface area contributed by atoms with Crippen LogP contribution in [0.25, 0.3) is 21.3 Å². The van der Waals surface area contributed by atoms with Gasteiger partial charge in [0.15, 0.2) is 10.8 Å². The number of hydrogen-bond donors (Lipinski definition) is 1. The molecule has 0 spiro atoms. The lowest BCUT2D eigenvalue weighted by Crippen LogP contribution is -2.48. The number of hydrogen-bond acceptors (Lipinski definition) is 8. The number of carbonyl (C=O) groups excluding carboxylic acids is 2. The number of carbonyl (C=O) groups is 2. The van der Waals surface area contributed by atoms with E-state index in [1.54, 1.807) is 0 Å². The molecule has 4 saturated carbocycles. The molecule has 9 nitrogen and oxygen atoms in total. The van der Waals surface area contributed by atoms with Crippen LogP contribution >= 0.6 is 11.3 Å². The number of benzene rings is 2. The number of esters is 1. The summed E-state index contributed by atoms with van der Waals surface area (Å²) in [5, 5.41) is 8.59. The molecule has 3 aromatic heterocycles. The Morgan fingerprint density at radius 1 is 0.926 bits per heavy atom. The van der Waals surface area contributed by atoms with Gasteiger partial charge in [-0.15, -0.1) is 0 Å². The highest BCUT2D eigenvalue weighted by Crippen LogP contribution is 2.60. The molecule has 1 amide bonds. The van der Waals surface area contributed by atoms with Crippen molar-refractivity contribution < 1.29 is 14.3 Å². The third kappa shape index (κ3) is 6.40. The summed E-state index contributed by atoms with van der Waals surface area (Å²) >= 11 is 1.47. The number of nitrogens with zero attached hydrogens (tertiary/aromatic N) is 5. The Hall–Kier alpha value is -4.57. The standard InChI is InChI=1S/C44H50N6O3S/c1-26-32(22-45-50(26)25-44-19-27-16-28(20-44)18-29(17-27)21-44)30-14-15-37(47-38(30)40(52)53-42(2,3)4)49-23-33-31(10-9-11-34(33)43(5,6)24-49)39(51)48-41-46-35-12-7-8-13-36(35)54-41/h7-15,22,27-29H,16-21,23-25H2,1-6H3,(H,46,48,51). The first-order valence-corrected chi connectivity index (χ1v) is 20.4. The van der Waals surface area contributed by atoms with E-state index < -0.39 is 11.6 Å². The minimum atomic E-state index is -0.693. The van der Waals surface area contributed by atoms with Gasteiger partial charge in [-0.05, 0) is 131 Å². The van der Waals surface area contributed by atoms with Crippen molar-refractivity contribution in [1.29, 1.82) is 0 Å². The second-order valence-corrected chi connectivity index (χ2v) is 19.3. The Bertz CT molecular complexity index is 2230. The van der Waals surface area contributed by atoms with E-state index in [9.17, 15) is 9.59 Å². The highest BCUT2D eigenvalue weighted by molar-refractivity contribution is 7.22. The first kappa shape index (κ1) is 35.2. The first-order chi connectivity index (χ1) is 25.7. The average Bonchev–Trinajstić information content (AvgIpc) is 3.67. The van der Waals surface area contributed by atoms with Crippen LogP contribution in [0, 0.1) is 30.1 Å². The van der Waals surface area contributed by atoms with Gasteiger partial charge in [-0.25, -0.2) is 14.8 Å². The van der Waals surface area contributed by atoms with Gasteiger partial charge in [0.2, 0.25) is 0 Å². The predicted molar refractivity (Wildman–Crippen MR) is 214 cm³/mol. The second-order valence-electron chi connectivity index (χ2n) is 18.3. The van der Waals surface area contributed by atoms with Gasteiger partial charge in [-0.2, -0.15) is 5.10 Å². The third-order valence-corrected chi connectivity index (χ3v) is 13.4. The van der Waals surface area contributed by atoms with E-state index >= 15 is 0 Å². The van der Waals surface area contributed by atoms with Gasteiger partial charge in [0.25, 0.3) is 5.91 Å². The van der Waals surface area contributed by atoms with E-state index in [0.717, 1.165) is 62.5 Å². The normalized spacial score (nSPS) is 24.1. The predicted octanol–water partition coefficient (Wildman–Crippen LogP) is 9.59. The number of ether oxygens (including phenoxy) is 1. The van der Waals surface area contributed by atoms with Crippen molar-refractivity contribution in [3.05, 3.63) is 88.9 Å². The molecule has 4 bridgehead atoms. The fraction of sp³-hybridized carbons (Fsp3) is 0.477. The molecule has 4 heterocycles. The zero-order valence-corrected chi connectivity index (χ0v) is 33.1. The van der Waals surface area contributed by atoms with Crippen molar-refractivity contribution in [1.82, 2.24) is 19.7 Å². The van der Waals surface area contributed by atoms with Crippen LogP contribution in [0.5, 0.6) is 0 Å². The van der Waals surface area contributed by atoms with Crippen LogP contribution in [0.1, 0.15) is 111 Å². The summed E-state index contributed by atoms with van der Waals surface area (Å²) in [5.74, 6) is 2.63. The maximum atomic E-state index is 14.0. The Balaban J connectivity index is 1.04. The minimum absolute atomic E-state index is 0.192. The summed E-state index contributed by atoms with van der Waals surface area (Å²) in [6.45, 7) is 14.2. The van der Waals surface area contributed by atoms with Crippen LogP contribution in [-0.4, -0.2) is 43.8 Å². The molecule has 5 aliphatic rings. The van der Waals surface area contributed by atoms with Crippen LogP contribution in [0.3, 0.4) is 0 Å². The number of pyridine rings is 1. The Morgan fingerprint density at radius 3 is 2.35 bits per heavy atom. The summed E-state index contributed by atoms with van der Waals surface area (Å²) in [6.07, 6.45) is 10.1. The van der Waals surface area contributed by atoms with Gasteiger partial charge < -0.3 is 9.64 Å². The largest absolute Gasteiger partial charge is 0.455 e. The number of rotatable bonds is 7. The van der Waals surface area contributed by atoms with Crippen LogP contribution in [0.4, 0.5) is 10.9 Å². The molecule has 2 aromatic carbocycles. The quantitative estimate of drug-likeness (QED) is 0.166. The van der Waals surface area contributed by atoms with Crippen LogP contribution in [0.15, 0.2) is 60.8 Å². The van der Waals surface area contributed by atoms with Gasteiger partial charge >= 0.3 is 5.97 Å². The van der Waals surface area contributed by atoms with Crippen molar-refractivity contribution in [2.45, 2.75) is 104 Å². The van der Waals surface area contributed by atoms with E-state index in [-0.39, 0.29) is 17.0 Å². The Kier molecular flexibility index (Phi) is 8.30. The summed E-state index contributed by atoms with van der Waals surface area (Å²) in [6, 6.07) is 17.9. The average molecular weight is 743 g/mol. The summed E-state index contributed by atoms with van der Waals surface area (Å²) in [7, 11) is 0. The third-order valence-electron chi connectivity index (χ3n) is 12.4. The molecule has 4 aliphatic carbocycles. The van der Waals surface area contributed by atoms with Gasteiger partial charge in [-0.1, -0.05) is 49.4 Å². The second kappa shape index (κ2) is 12.8. The molecule has 0 atom stereocenters. The number of anilines is 2. The zero-order valence-electron chi connectivity index (χ0n) is 32.2. The topological polar surface area (TPSA) is 102 Å². The van der Waals surface area contributed by atoms with Gasteiger partial charge in [0.1, 0.15) is 11.4 Å². The summed E-state index contributed by atoms with van der Waals surface area (Å²) in [5.41, 5.74) is 5.86. The molecular formula is C44H50N6O3S. The lowest BCUT2D eigenvalue weighted by molar-refractivity contribution is -0.0638. The van der Waals surface area contributed by atoms with Gasteiger partial charge in [-0.3, -0.25) is 14.8 Å². The minimum Gasteiger partial charge on any atom is -0.455 e. The van der Waals surface area contributed by atoms with Crippen LogP contribution in [0.2, 0.25) is 0 Å². The maximum Gasteiger partial charge on any atom is 0.358 e. The Morgan fingerprint density at radius 2 is 1.65 bits per heavy atom. The lowest BCUT2D eigenvalue weighted by atomic mass is 9.49. The molecule has 0 radical (unpaired) electrons. The number of para-hydroxylation sites is 1. The monoisotopic (exact) mass is 742 g/mol. The highest BCUT2D eigenvalue weighted by atomic mass is 32.1. The SMILES string of the molecule is Cc1c(-c2ccc(N3Cc4c(C(=O)Nc5nc6ccccc6s5)cccc4C(C)(C)C3)nc2C(=O)OC(C)(C)C)cnn1CC12CC3CC(CC(C3)C1)C2. The maximum absolute atomic E-state index is 14.0. The summed E-state index contributed by atoms with van der Waals surface area (Å²) in [4.78, 5) is 39.8. The molecule has 4 fully saturated rings. The molecule has 1 aliphatic heterocycles. The molecule has 5 aromatic rings. The molecule has 280 valence electrons. The van der Waals surface area contributed by atoms with E-state index in [1.165, 1.54) is 49.9 Å². The van der Waals surface area contributed by atoms with Crippen molar-refractivity contribution in [3.8, 4) is 11.1 Å². The van der Waals surface area contributed by atoms with Gasteiger partial charge in [0, 0.05) is 47.4 Å². The zero-order chi connectivity index (χ0) is 37.6. The smallest absolute Gasteiger partial charge is 0.358 e. The van der Waals surface area contributed by atoms with E-state index in [1.807, 2.05) is 75.5 Å². The van der Waals surface area contributed by atoms with Crippen molar-refractivity contribution in [2.24, 2.45) is 23.2 Å². The van der Waals surface area contributed by atoms with Crippen LogP contribution < -0.4 is 10.2 Å². The molecule has 54 heavy (non-hydrogen) atoms. The number of thiazole rings is 1. The first-order valence-electron chi connectivity index (χ1n) is 19.5. The van der Waals surface area contributed by atoms with Crippen LogP contribution in [-0.2, 0) is 23.2 Å². The van der Waals surface area contributed by atoms with E-state index in [2.05, 4.69) is 46.7 Å². The molecule has 0 saturated heterocycles. The lowest BCUT2D eigenvalue weighted by Gasteiger charge is -2.56. The number of fused-ring (bicyclic) bond motifs is 2. The number of nitrogens with one attached hydrogen (secondary N) is 1. The molecular weight excluding hydrogens is 693 g/mol. The number of amides is 1. The van der Waals surface area contributed by atoms with E-state index in [0.29, 0.717) is 35.0 Å².